The summed E-state index contributed by atoms with van der Waals surface area (Å²) < 4.78 is 19.3. The van der Waals surface area contributed by atoms with Crippen molar-refractivity contribution in [2.75, 3.05) is 26.2 Å². The second-order valence-corrected chi connectivity index (χ2v) is 7.38. The molecule has 0 amide bonds. The Morgan fingerprint density at radius 3 is 2.41 bits per heavy atom. The summed E-state index contributed by atoms with van der Waals surface area (Å²) in [5, 5.41) is 3.44. The van der Waals surface area contributed by atoms with Crippen molar-refractivity contribution in [1.82, 2.24) is 10.2 Å². The second kappa shape index (κ2) is 8.19. The number of piperidine rings is 1. The molecule has 2 saturated heterocycles. The van der Waals surface area contributed by atoms with Gasteiger partial charge in [-0.25, -0.2) is 4.39 Å². The first-order valence-corrected chi connectivity index (χ1v) is 9.67. The van der Waals surface area contributed by atoms with Crippen LogP contribution in [0.25, 0.3) is 0 Å². The van der Waals surface area contributed by atoms with E-state index in [0.29, 0.717) is 11.6 Å². The van der Waals surface area contributed by atoms with E-state index in [-0.39, 0.29) is 23.6 Å². The Labute approximate surface area is 159 Å². The van der Waals surface area contributed by atoms with Crippen molar-refractivity contribution >= 4 is 5.78 Å². The molecule has 1 N–H and O–H groups in total. The van der Waals surface area contributed by atoms with Crippen LogP contribution in [0.5, 0.6) is 5.75 Å². The molecule has 0 radical (unpaired) electrons. The third-order valence-corrected chi connectivity index (χ3v) is 5.66. The van der Waals surface area contributed by atoms with E-state index in [1.807, 2.05) is 30.3 Å². The number of para-hydroxylation sites is 1. The van der Waals surface area contributed by atoms with Crippen molar-refractivity contribution in [3.05, 3.63) is 66.0 Å². The average molecular weight is 368 g/mol. The molecule has 2 fully saturated rings. The summed E-state index contributed by atoms with van der Waals surface area (Å²) in [6.07, 6.45) is 1.80. The zero-order valence-electron chi connectivity index (χ0n) is 15.3. The number of nitrogens with one attached hydrogen (secondary N) is 1. The molecule has 2 atom stereocenters. The van der Waals surface area contributed by atoms with Gasteiger partial charge in [-0.3, -0.25) is 9.69 Å². The minimum atomic E-state index is -0.306. The molecule has 27 heavy (non-hydrogen) atoms. The van der Waals surface area contributed by atoms with Gasteiger partial charge in [-0.15, -0.1) is 0 Å². The first-order valence-electron chi connectivity index (χ1n) is 9.67. The molecule has 0 aliphatic carbocycles. The van der Waals surface area contributed by atoms with Crippen molar-refractivity contribution < 1.29 is 13.9 Å². The first-order chi connectivity index (χ1) is 13.2. The maximum Gasteiger partial charge on any atom is 0.166 e. The van der Waals surface area contributed by atoms with Gasteiger partial charge in [0.1, 0.15) is 17.7 Å². The molecule has 2 aromatic rings. The smallest absolute Gasteiger partial charge is 0.166 e. The van der Waals surface area contributed by atoms with Crippen molar-refractivity contribution in [2.45, 2.75) is 25.0 Å². The number of Topliss-reactive ketones (excluding diaryl/α,β-unsaturated/α-hetero) is 1. The van der Waals surface area contributed by atoms with Gasteiger partial charge < -0.3 is 10.1 Å². The molecule has 0 spiro atoms. The number of benzene rings is 2. The quantitative estimate of drug-likeness (QED) is 0.824. The number of halogens is 1. The summed E-state index contributed by atoms with van der Waals surface area (Å²) >= 11 is 0. The number of hydrogen-bond acceptors (Lipinski definition) is 4. The topological polar surface area (TPSA) is 41.6 Å². The zero-order valence-corrected chi connectivity index (χ0v) is 15.3. The van der Waals surface area contributed by atoms with Crippen LogP contribution >= 0.6 is 0 Å². The van der Waals surface area contributed by atoms with Crippen LogP contribution in [0.4, 0.5) is 4.39 Å². The molecule has 2 aliphatic rings. The van der Waals surface area contributed by atoms with Gasteiger partial charge in [0.15, 0.2) is 5.78 Å². The predicted octanol–water partition coefficient (Wildman–Crippen LogP) is 3.14. The predicted molar refractivity (Wildman–Crippen MR) is 103 cm³/mol. The monoisotopic (exact) mass is 368 g/mol. The fourth-order valence-electron chi connectivity index (χ4n) is 4.14. The summed E-state index contributed by atoms with van der Waals surface area (Å²) in [6.45, 7) is 3.53. The van der Waals surface area contributed by atoms with Crippen molar-refractivity contribution in [2.24, 2.45) is 5.92 Å². The Balaban J connectivity index is 1.34. The van der Waals surface area contributed by atoms with E-state index >= 15 is 0 Å². The van der Waals surface area contributed by atoms with Gasteiger partial charge in [-0.2, -0.15) is 0 Å². The Bertz CT molecular complexity index is 758. The lowest BCUT2D eigenvalue weighted by molar-refractivity contribution is 0.0620. The molecular formula is C22H25FN2O2. The number of nitrogens with zero attached hydrogens (tertiary/aromatic N) is 1. The van der Waals surface area contributed by atoms with Gasteiger partial charge >= 0.3 is 0 Å². The van der Waals surface area contributed by atoms with Crippen LogP contribution in [0.2, 0.25) is 0 Å². The molecule has 2 aliphatic heterocycles. The molecular weight excluding hydrogens is 343 g/mol. The van der Waals surface area contributed by atoms with E-state index in [9.17, 15) is 9.18 Å². The summed E-state index contributed by atoms with van der Waals surface area (Å²) in [5.74, 6) is 0.753. The summed E-state index contributed by atoms with van der Waals surface area (Å²) in [5.41, 5.74) is 0.614. The summed E-state index contributed by atoms with van der Waals surface area (Å²) in [6, 6.07) is 16.2. The summed E-state index contributed by atoms with van der Waals surface area (Å²) in [7, 11) is 0. The summed E-state index contributed by atoms with van der Waals surface area (Å²) in [4.78, 5) is 15.1. The Morgan fingerprint density at radius 2 is 1.70 bits per heavy atom. The zero-order chi connectivity index (χ0) is 18.6. The van der Waals surface area contributed by atoms with Gasteiger partial charge in [0, 0.05) is 24.6 Å². The molecule has 0 aromatic heterocycles. The highest BCUT2D eigenvalue weighted by molar-refractivity contribution is 5.97. The van der Waals surface area contributed by atoms with E-state index in [4.69, 9.17) is 4.74 Å². The molecule has 0 bridgehead atoms. The molecule has 5 heteroatoms. The van der Waals surface area contributed by atoms with Crippen LogP contribution in [0, 0.1) is 11.7 Å². The standard InChI is InChI=1S/C22H25FN2O2/c23-18-8-6-16(7-9-18)22(26)17-10-12-25(13-11-17)20-14-24-15-21(20)27-19-4-2-1-3-5-19/h1-9,17,20-21,24H,10-15H2. The van der Waals surface area contributed by atoms with Crippen LogP contribution in [0.1, 0.15) is 23.2 Å². The number of ether oxygens (including phenoxy) is 1. The minimum absolute atomic E-state index is 0.0227. The lowest BCUT2D eigenvalue weighted by Crippen LogP contribution is -2.49. The second-order valence-electron chi connectivity index (χ2n) is 7.38. The normalized spacial score (nSPS) is 24.0. The maximum absolute atomic E-state index is 13.1. The highest BCUT2D eigenvalue weighted by Gasteiger charge is 2.36. The van der Waals surface area contributed by atoms with Crippen LogP contribution in [-0.2, 0) is 0 Å². The van der Waals surface area contributed by atoms with E-state index in [2.05, 4.69) is 10.2 Å². The van der Waals surface area contributed by atoms with Gasteiger partial charge in [0.2, 0.25) is 0 Å². The van der Waals surface area contributed by atoms with E-state index in [0.717, 1.165) is 44.8 Å². The molecule has 142 valence electrons. The van der Waals surface area contributed by atoms with Gasteiger partial charge in [-0.05, 0) is 62.3 Å². The SMILES string of the molecule is O=C(c1ccc(F)cc1)C1CCN(C2CNCC2Oc2ccccc2)CC1. The number of hydrogen-bond donors (Lipinski definition) is 1. The fourth-order valence-corrected chi connectivity index (χ4v) is 4.14. The molecule has 4 nitrogen and oxygen atoms in total. The molecule has 2 unspecified atom stereocenters. The third kappa shape index (κ3) is 4.20. The van der Waals surface area contributed by atoms with Crippen LogP contribution in [-0.4, -0.2) is 49.0 Å². The largest absolute Gasteiger partial charge is 0.487 e. The highest BCUT2D eigenvalue weighted by atomic mass is 19.1. The Morgan fingerprint density at radius 1 is 1.00 bits per heavy atom. The Kier molecular flexibility index (Phi) is 5.50. The molecule has 0 saturated carbocycles. The Hall–Kier alpha value is -2.24. The lowest BCUT2D eigenvalue weighted by atomic mass is 9.88. The first kappa shape index (κ1) is 18.1. The van der Waals surface area contributed by atoms with Gasteiger partial charge in [-0.1, -0.05) is 18.2 Å². The number of carbonyl (C=O) groups excluding carboxylic acids is 1. The maximum atomic E-state index is 13.1. The van der Waals surface area contributed by atoms with Gasteiger partial charge in [0.25, 0.3) is 0 Å². The van der Waals surface area contributed by atoms with Crippen molar-refractivity contribution in [3.8, 4) is 5.75 Å². The highest BCUT2D eigenvalue weighted by Crippen LogP contribution is 2.26. The lowest BCUT2D eigenvalue weighted by Gasteiger charge is -2.37. The van der Waals surface area contributed by atoms with E-state index in [1.165, 1.54) is 12.1 Å². The third-order valence-electron chi connectivity index (χ3n) is 5.66. The van der Waals surface area contributed by atoms with E-state index < -0.39 is 0 Å². The fraction of sp³-hybridized carbons (Fsp3) is 0.409. The van der Waals surface area contributed by atoms with Crippen LogP contribution < -0.4 is 10.1 Å². The average Bonchev–Trinajstić information content (AvgIpc) is 3.17. The van der Waals surface area contributed by atoms with E-state index in [1.54, 1.807) is 12.1 Å². The number of carbonyl (C=O) groups is 1. The minimum Gasteiger partial charge on any atom is -0.487 e. The van der Waals surface area contributed by atoms with Crippen molar-refractivity contribution in [1.29, 1.82) is 0 Å². The number of rotatable bonds is 5. The van der Waals surface area contributed by atoms with Crippen molar-refractivity contribution in [3.63, 3.8) is 0 Å². The molecule has 2 aromatic carbocycles. The molecule has 4 rings (SSSR count). The number of likely N-dealkylation sites (tertiary alicyclic amines) is 1. The van der Waals surface area contributed by atoms with Gasteiger partial charge in [0.05, 0.1) is 6.04 Å². The number of ketones is 1. The van der Waals surface area contributed by atoms with Crippen LogP contribution in [0.3, 0.4) is 0 Å². The molecule has 2 heterocycles. The van der Waals surface area contributed by atoms with Crippen LogP contribution in [0.15, 0.2) is 54.6 Å².